The van der Waals surface area contributed by atoms with Gasteiger partial charge in [-0.2, -0.15) is 0 Å². The highest BCUT2D eigenvalue weighted by atomic mass is 79.9. The monoisotopic (exact) mass is 328 g/mol. The number of aliphatic hydroxyl groups excluding tert-OH is 1. The van der Waals surface area contributed by atoms with Gasteiger partial charge in [-0.3, -0.25) is 0 Å². The minimum absolute atomic E-state index is 0.339. The van der Waals surface area contributed by atoms with Crippen LogP contribution in [0.25, 0.3) is 0 Å². The summed E-state index contributed by atoms with van der Waals surface area (Å²) < 4.78 is 13.5. The molecule has 0 aromatic heterocycles. The Morgan fingerprint density at radius 3 is 2.56 bits per heavy atom. The lowest BCUT2D eigenvalue weighted by atomic mass is 9.97. The highest BCUT2D eigenvalue weighted by Gasteiger charge is 2.14. The molecule has 94 valence electrons. The Morgan fingerprint density at radius 1 is 1.22 bits per heavy atom. The third-order valence-electron chi connectivity index (χ3n) is 2.79. The zero-order chi connectivity index (χ0) is 13.3. The molecule has 1 nitrogen and oxygen atoms in total. The van der Waals surface area contributed by atoms with Gasteiger partial charge < -0.3 is 5.11 Å². The molecular weight excluding hydrogens is 319 g/mol. The van der Waals surface area contributed by atoms with Crippen LogP contribution in [0, 0.1) is 12.7 Å². The van der Waals surface area contributed by atoms with Crippen LogP contribution in [0.2, 0.25) is 5.02 Å². The molecule has 1 unspecified atom stereocenters. The van der Waals surface area contributed by atoms with Gasteiger partial charge in [0.25, 0.3) is 0 Å². The van der Waals surface area contributed by atoms with Gasteiger partial charge in [0.2, 0.25) is 0 Å². The summed E-state index contributed by atoms with van der Waals surface area (Å²) >= 11 is 8.98. The first kappa shape index (κ1) is 13.5. The van der Waals surface area contributed by atoms with Gasteiger partial charge in [0.1, 0.15) is 11.9 Å². The molecular formula is C14H11BrClFO. The van der Waals surface area contributed by atoms with Crippen molar-refractivity contribution in [3.63, 3.8) is 0 Å². The number of hydrogen-bond donors (Lipinski definition) is 1. The van der Waals surface area contributed by atoms with Crippen molar-refractivity contribution >= 4 is 27.5 Å². The van der Waals surface area contributed by atoms with Crippen molar-refractivity contribution in [2.24, 2.45) is 0 Å². The predicted molar refractivity (Wildman–Crippen MR) is 74.4 cm³/mol. The largest absolute Gasteiger partial charge is 0.384 e. The van der Waals surface area contributed by atoms with Crippen molar-refractivity contribution in [3.8, 4) is 0 Å². The minimum Gasteiger partial charge on any atom is -0.384 e. The van der Waals surface area contributed by atoms with E-state index < -0.39 is 6.10 Å². The number of hydrogen-bond acceptors (Lipinski definition) is 1. The molecule has 0 aliphatic carbocycles. The summed E-state index contributed by atoms with van der Waals surface area (Å²) in [5.41, 5.74) is 2.29. The third-order valence-corrected chi connectivity index (χ3v) is 3.63. The van der Waals surface area contributed by atoms with E-state index in [1.54, 1.807) is 30.3 Å². The first-order valence-electron chi connectivity index (χ1n) is 5.38. The van der Waals surface area contributed by atoms with E-state index in [0.717, 1.165) is 11.1 Å². The second kappa shape index (κ2) is 5.39. The summed E-state index contributed by atoms with van der Waals surface area (Å²) in [6.45, 7) is 1.88. The first-order chi connectivity index (χ1) is 8.49. The average molecular weight is 330 g/mol. The summed E-state index contributed by atoms with van der Waals surface area (Å²) in [7, 11) is 0. The third kappa shape index (κ3) is 2.74. The van der Waals surface area contributed by atoms with Crippen LogP contribution in [0.5, 0.6) is 0 Å². The van der Waals surface area contributed by atoms with Gasteiger partial charge in [-0.1, -0.05) is 23.7 Å². The molecule has 0 spiro atoms. The lowest BCUT2D eigenvalue weighted by Crippen LogP contribution is -2.02. The van der Waals surface area contributed by atoms with Crippen molar-refractivity contribution in [2.45, 2.75) is 13.0 Å². The van der Waals surface area contributed by atoms with Gasteiger partial charge >= 0.3 is 0 Å². The molecule has 0 aliphatic rings. The SMILES string of the molecule is Cc1cc(Cl)ccc1C(O)c1ccc(F)c(Br)c1. The van der Waals surface area contributed by atoms with Crippen molar-refractivity contribution in [3.05, 3.63) is 68.4 Å². The molecule has 2 rings (SSSR count). The summed E-state index contributed by atoms with van der Waals surface area (Å²) in [6, 6.07) is 9.77. The van der Waals surface area contributed by atoms with E-state index in [1.807, 2.05) is 6.92 Å². The molecule has 0 saturated heterocycles. The molecule has 0 fully saturated rings. The fourth-order valence-electron chi connectivity index (χ4n) is 1.81. The van der Waals surface area contributed by atoms with Crippen LogP contribution in [0.3, 0.4) is 0 Å². The van der Waals surface area contributed by atoms with Gasteiger partial charge in [0.15, 0.2) is 0 Å². The van der Waals surface area contributed by atoms with Crippen molar-refractivity contribution < 1.29 is 9.50 Å². The number of halogens is 3. The van der Waals surface area contributed by atoms with Crippen LogP contribution < -0.4 is 0 Å². The Balaban J connectivity index is 2.41. The van der Waals surface area contributed by atoms with Crippen molar-refractivity contribution in [2.75, 3.05) is 0 Å². The number of aryl methyl sites for hydroxylation is 1. The standard InChI is InChI=1S/C14H11BrClFO/c1-8-6-10(16)3-4-11(8)14(18)9-2-5-13(17)12(15)7-9/h2-7,14,18H,1H3. The highest BCUT2D eigenvalue weighted by Crippen LogP contribution is 2.29. The topological polar surface area (TPSA) is 20.2 Å². The summed E-state index contributed by atoms with van der Waals surface area (Å²) in [5.74, 6) is -0.348. The summed E-state index contributed by atoms with van der Waals surface area (Å²) in [6.07, 6.45) is -0.792. The van der Waals surface area contributed by atoms with Crippen molar-refractivity contribution in [1.82, 2.24) is 0 Å². The van der Waals surface area contributed by atoms with Gasteiger partial charge in [-0.25, -0.2) is 4.39 Å². The van der Waals surface area contributed by atoms with Gasteiger partial charge in [0, 0.05) is 5.02 Å². The second-order valence-corrected chi connectivity index (χ2v) is 5.37. The van der Waals surface area contributed by atoms with Crippen LogP contribution in [0.4, 0.5) is 4.39 Å². The molecule has 0 amide bonds. The predicted octanol–water partition coefficient (Wildman–Crippen LogP) is 4.63. The lowest BCUT2D eigenvalue weighted by Gasteiger charge is -2.15. The van der Waals surface area contributed by atoms with E-state index >= 15 is 0 Å². The van der Waals surface area contributed by atoms with E-state index in [2.05, 4.69) is 15.9 Å². The van der Waals surface area contributed by atoms with Crippen LogP contribution in [-0.4, -0.2) is 5.11 Å². The van der Waals surface area contributed by atoms with Gasteiger partial charge in [0.05, 0.1) is 4.47 Å². The number of aliphatic hydroxyl groups is 1. The Morgan fingerprint density at radius 2 is 1.94 bits per heavy atom. The molecule has 0 saturated carbocycles. The second-order valence-electron chi connectivity index (χ2n) is 4.08. The van der Waals surface area contributed by atoms with E-state index in [4.69, 9.17) is 11.6 Å². The number of benzene rings is 2. The van der Waals surface area contributed by atoms with Crippen LogP contribution in [0.1, 0.15) is 22.8 Å². The quantitative estimate of drug-likeness (QED) is 0.851. The van der Waals surface area contributed by atoms with Crippen LogP contribution in [0.15, 0.2) is 40.9 Å². The molecule has 18 heavy (non-hydrogen) atoms. The average Bonchev–Trinajstić information content (AvgIpc) is 2.32. The molecule has 1 N–H and O–H groups in total. The maximum Gasteiger partial charge on any atom is 0.137 e. The van der Waals surface area contributed by atoms with Gasteiger partial charge in [-0.15, -0.1) is 0 Å². The van der Waals surface area contributed by atoms with Crippen LogP contribution in [-0.2, 0) is 0 Å². The maximum absolute atomic E-state index is 13.2. The molecule has 2 aromatic rings. The van der Waals surface area contributed by atoms with Gasteiger partial charge in [-0.05, 0) is 63.8 Å². The zero-order valence-corrected chi connectivity index (χ0v) is 12.0. The maximum atomic E-state index is 13.2. The molecule has 4 heteroatoms. The molecule has 0 aliphatic heterocycles. The van der Waals surface area contributed by atoms with E-state index in [0.29, 0.717) is 15.1 Å². The van der Waals surface area contributed by atoms with E-state index in [-0.39, 0.29) is 5.82 Å². The smallest absolute Gasteiger partial charge is 0.137 e. The summed E-state index contributed by atoms with van der Waals surface area (Å²) in [5, 5.41) is 10.9. The Kier molecular flexibility index (Phi) is 4.05. The molecule has 2 aromatic carbocycles. The highest BCUT2D eigenvalue weighted by molar-refractivity contribution is 9.10. The summed E-state index contributed by atoms with van der Waals surface area (Å²) in [4.78, 5) is 0. The Bertz CT molecular complexity index is 586. The fourth-order valence-corrected chi connectivity index (χ4v) is 2.43. The molecule has 0 radical (unpaired) electrons. The van der Waals surface area contributed by atoms with Crippen LogP contribution >= 0.6 is 27.5 Å². The minimum atomic E-state index is -0.792. The fraction of sp³-hybridized carbons (Fsp3) is 0.143. The lowest BCUT2D eigenvalue weighted by molar-refractivity contribution is 0.219. The Hall–Kier alpha value is -0.900. The van der Waals surface area contributed by atoms with E-state index in [9.17, 15) is 9.50 Å². The zero-order valence-electron chi connectivity index (χ0n) is 9.62. The molecule has 0 heterocycles. The molecule has 1 atom stereocenters. The molecule has 0 bridgehead atoms. The Labute approximate surface area is 118 Å². The number of rotatable bonds is 2. The first-order valence-corrected chi connectivity index (χ1v) is 6.55. The normalized spacial score (nSPS) is 12.5. The van der Waals surface area contributed by atoms with E-state index in [1.165, 1.54) is 6.07 Å². The van der Waals surface area contributed by atoms with Crippen molar-refractivity contribution in [1.29, 1.82) is 0 Å².